The number of hydrogen-bond donors (Lipinski definition) is 2. The van der Waals surface area contributed by atoms with Crippen LogP contribution in [0, 0.1) is 16.7 Å². The van der Waals surface area contributed by atoms with Crippen molar-refractivity contribution < 1.29 is 14.7 Å². The Morgan fingerprint density at radius 2 is 2.00 bits per heavy atom. The molecule has 5 heteroatoms. The predicted octanol–water partition coefficient (Wildman–Crippen LogP) is 2.56. The van der Waals surface area contributed by atoms with Crippen LogP contribution in [-0.2, 0) is 4.79 Å². The minimum absolute atomic E-state index is 0.0184. The summed E-state index contributed by atoms with van der Waals surface area (Å²) >= 11 is 0. The monoisotopic (exact) mass is 284 g/mol. The number of carbonyl (C=O) groups is 2. The topological polar surface area (TPSA) is 69.6 Å². The summed E-state index contributed by atoms with van der Waals surface area (Å²) in [7, 11) is 0. The van der Waals surface area contributed by atoms with Crippen LogP contribution in [-0.4, -0.2) is 41.6 Å². The molecule has 1 aliphatic heterocycles. The molecule has 5 nitrogen and oxygen atoms in total. The molecule has 1 rings (SSSR count). The van der Waals surface area contributed by atoms with Crippen LogP contribution >= 0.6 is 0 Å². The van der Waals surface area contributed by atoms with Crippen molar-refractivity contribution in [2.45, 2.75) is 47.5 Å². The zero-order valence-electron chi connectivity index (χ0n) is 13.3. The third-order valence-corrected chi connectivity index (χ3v) is 4.79. The normalized spacial score (nSPS) is 23.2. The maximum Gasteiger partial charge on any atom is 0.317 e. The fourth-order valence-corrected chi connectivity index (χ4v) is 2.45. The van der Waals surface area contributed by atoms with Gasteiger partial charge in [0.25, 0.3) is 0 Å². The van der Waals surface area contributed by atoms with Crippen LogP contribution < -0.4 is 5.32 Å². The molecule has 1 fully saturated rings. The molecule has 2 amide bonds. The number of hydrogen-bond acceptors (Lipinski definition) is 2. The Kier molecular flexibility index (Phi) is 5.05. The standard InChI is InChI=1S/C15H28N2O3/c1-6-14(4,5)9-16-13(20)17-8-7-15(10-17,11(2)3)12(18)19/h11H,6-10H2,1-5H3,(H,16,20)(H,18,19). The maximum absolute atomic E-state index is 12.2. The molecule has 1 aliphatic rings. The number of nitrogens with zero attached hydrogens (tertiary/aromatic N) is 1. The van der Waals surface area contributed by atoms with Gasteiger partial charge in [-0.3, -0.25) is 4.79 Å². The first-order chi connectivity index (χ1) is 9.14. The van der Waals surface area contributed by atoms with E-state index in [1.54, 1.807) is 4.90 Å². The predicted molar refractivity (Wildman–Crippen MR) is 78.6 cm³/mol. The van der Waals surface area contributed by atoms with Crippen LogP contribution in [0.2, 0.25) is 0 Å². The SMILES string of the molecule is CCC(C)(C)CNC(=O)N1CCC(C(=O)O)(C(C)C)C1. The molecular weight excluding hydrogens is 256 g/mol. The largest absolute Gasteiger partial charge is 0.481 e. The maximum atomic E-state index is 12.2. The summed E-state index contributed by atoms with van der Waals surface area (Å²) in [5.74, 6) is -0.776. The lowest BCUT2D eigenvalue weighted by atomic mass is 9.76. The number of carbonyl (C=O) groups excluding carboxylic acids is 1. The summed E-state index contributed by atoms with van der Waals surface area (Å²) in [5, 5.41) is 12.4. The van der Waals surface area contributed by atoms with Gasteiger partial charge in [0.15, 0.2) is 0 Å². The van der Waals surface area contributed by atoms with E-state index in [0.717, 1.165) is 6.42 Å². The van der Waals surface area contributed by atoms with E-state index in [4.69, 9.17) is 0 Å². The fraction of sp³-hybridized carbons (Fsp3) is 0.867. The van der Waals surface area contributed by atoms with Crippen LogP contribution in [0.5, 0.6) is 0 Å². The number of carboxylic acids is 1. The fourth-order valence-electron chi connectivity index (χ4n) is 2.45. The van der Waals surface area contributed by atoms with Gasteiger partial charge < -0.3 is 15.3 Å². The van der Waals surface area contributed by atoms with E-state index in [1.165, 1.54) is 0 Å². The zero-order valence-corrected chi connectivity index (χ0v) is 13.3. The molecule has 0 aromatic rings. The highest BCUT2D eigenvalue weighted by atomic mass is 16.4. The Morgan fingerprint density at radius 3 is 2.40 bits per heavy atom. The Labute approximate surface area is 121 Å². The lowest BCUT2D eigenvalue weighted by Gasteiger charge is -2.29. The van der Waals surface area contributed by atoms with Gasteiger partial charge in [0.05, 0.1) is 5.41 Å². The first-order valence-corrected chi connectivity index (χ1v) is 7.41. The van der Waals surface area contributed by atoms with Crippen molar-refractivity contribution >= 4 is 12.0 Å². The van der Waals surface area contributed by atoms with Crippen LogP contribution in [0.4, 0.5) is 4.79 Å². The Hall–Kier alpha value is -1.26. The Balaban J connectivity index is 2.63. The van der Waals surface area contributed by atoms with Crippen molar-refractivity contribution in [3.8, 4) is 0 Å². The average molecular weight is 284 g/mol. The molecule has 0 aliphatic carbocycles. The summed E-state index contributed by atoms with van der Waals surface area (Å²) in [5.41, 5.74) is -0.727. The Morgan fingerprint density at radius 1 is 1.40 bits per heavy atom. The van der Waals surface area contributed by atoms with Gasteiger partial charge in [-0.2, -0.15) is 0 Å². The molecule has 1 unspecified atom stereocenters. The molecule has 0 radical (unpaired) electrons. The molecule has 1 atom stereocenters. The van der Waals surface area contributed by atoms with Crippen molar-refractivity contribution in [3.63, 3.8) is 0 Å². The third kappa shape index (κ3) is 3.44. The number of amides is 2. The van der Waals surface area contributed by atoms with E-state index < -0.39 is 11.4 Å². The van der Waals surface area contributed by atoms with Gasteiger partial charge in [-0.25, -0.2) is 4.79 Å². The van der Waals surface area contributed by atoms with Gasteiger partial charge in [0.2, 0.25) is 0 Å². The number of likely N-dealkylation sites (tertiary alicyclic amines) is 1. The van der Waals surface area contributed by atoms with Crippen LogP contribution in [0.25, 0.3) is 0 Å². The molecule has 0 spiro atoms. The van der Waals surface area contributed by atoms with Gasteiger partial charge in [-0.15, -0.1) is 0 Å². The van der Waals surface area contributed by atoms with E-state index in [0.29, 0.717) is 26.1 Å². The average Bonchev–Trinajstić information content (AvgIpc) is 2.82. The molecule has 20 heavy (non-hydrogen) atoms. The first-order valence-electron chi connectivity index (χ1n) is 7.41. The number of nitrogens with one attached hydrogen (secondary N) is 1. The molecule has 0 bridgehead atoms. The second-order valence-corrected chi connectivity index (χ2v) is 6.96. The number of carboxylic acid groups (broad SMARTS) is 1. The second kappa shape index (κ2) is 6.02. The highest BCUT2D eigenvalue weighted by Gasteiger charge is 2.48. The molecule has 0 saturated carbocycles. The van der Waals surface area contributed by atoms with Gasteiger partial charge >= 0.3 is 12.0 Å². The smallest absolute Gasteiger partial charge is 0.317 e. The van der Waals surface area contributed by atoms with Crippen molar-refractivity contribution in [2.24, 2.45) is 16.7 Å². The molecule has 116 valence electrons. The number of urea groups is 1. The summed E-state index contributed by atoms with van der Waals surface area (Å²) in [6.45, 7) is 11.6. The van der Waals surface area contributed by atoms with E-state index in [-0.39, 0.29) is 17.4 Å². The van der Waals surface area contributed by atoms with Crippen molar-refractivity contribution in [1.29, 1.82) is 0 Å². The highest BCUT2D eigenvalue weighted by Crippen LogP contribution is 2.38. The van der Waals surface area contributed by atoms with Crippen LogP contribution in [0.15, 0.2) is 0 Å². The minimum atomic E-state index is -0.795. The minimum Gasteiger partial charge on any atom is -0.481 e. The molecule has 2 N–H and O–H groups in total. The van der Waals surface area contributed by atoms with Crippen LogP contribution in [0.3, 0.4) is 0 Å². The first kappa shape index (κ1) is 16.8. The molecule has 1 saturated heterocycles. The van der Waals surface area contributed by atoms with Gasteiger partial charge in [-0.05, 0) is 24.2 Å². The third-order valence-electron chi connectivity index (χ3n) is 4.79. The number of aliphatic carboxylic acids is 1. The highest BCUT2D eigenvalue weighted by molar-refractivity contribution is 5.80. The second-order valence-electron chi connectivity index (χ2n) is 6.96. The molecule has 1 heterocycles. The molecular formula is C15H28N2O3. The van der Waals surface area contributed by atoms with Gasteiger partial charge in [0.1, 0.15) is 0 Å². The van der Waals surface area contributed by atoms with Crippen LogP contribution in [0.1, 0.15) is 47.5 Å². The summed E-state index contributed by atoms with van der Waals surface area (Å²) in [4.78, 5) is 25.3. The van der Waals surface area contributed by atoms with E-state index in [1.807, 2.05) is 13.8 Å². The van der Waals surface area contributed by atoms with E-state index in [2.05, 4.69) is 26.1 Å². The summed E-state index contributed by atoms with van der Waals surface area (Å²) in [6, 6.07) is -0.143. The van der Waals surface area contributed by atoms with E-state index in [9.17, 15) is 14.7 Å². The quantitative estimate of drug-likeness (QED) is 0.815. The number of rotatable bonds is 5. The van der Waals surface area contributed by atoms with Crippen molar-refractivity contribution in [3.05, 3.63) is 0 Å². The summed E-state index contributed by atoms with van der Waals surface area (Å²) < 4.78 is 0. The lowest BCUT2D eigenvalue weighted by molar-refractivity contribution is -0.150. The van der Waals surface area contributed by atoms with Crippen molar-refractivity contribution in [2.75, 3.05) is 19.6 Å². The summed E-state index contributed by atoms with van der Waals surface area (Å²) in [6.07, 6.45) is 1.52. The van der Waals surface area contributed by atoms with E-state index >= 15 is 0 Å². The lowest BCUT2D eigenvalue weighted by Crippen LogP contribution is -2.45. The molecule has 0 aromatic heterocycles. The Bertz CT molecular complexity index is 379. The van der Waals surface area contributed by atoms with Crippen molar-refractivity contribution in [1.82, 2.24) is 10.2 Å². The molecule has 0 aromatic carbocycles. The zero-order chi connectivity index (χ0) is 15.6. The van der Waals surface area contributed by atoms with Gasteiger partial charge in [-0.1, -0.05) is 34.6 Å². The van der Waals surface area contributed by atoms with Gasteiger partial charge in [0, 0.05) is 19.6 Å².